The summed E-state index contributed by atoms with van der Waals surface area (Å²) in [6, 6.07) is 2.97. The summed E-state index contributed by atoms with van der Waals surface area (Å²) >= 11 is 0. The number of hydrogen-bond donors (Lipinski definition) is 3. The fourth-order valence-electron chi connectivity index (χ4n) is 12.3. The van der Waals surface area contributed by atoms with Crippen LogP contribution in [0.2, 0.25) is 0 Å². The average Bonchev–Trinajstić information content (AvgIpc) is 3.04. The molecule has 3 saturated heterocycles. The number of carbonyl (C=O) groups is 4. The van der Waals surface area contributed by atoms with Gasteiger partial charge in [0.2, 0.25) is 0 Å². The lowest BCUT2D eigenvalue weighted by Crippen LogP contribution is -2.60. The zero-order valence-corrected chi connectivity index (χ0v) is 39.7. The first-order valence-electron chi connectivity index (χ1n) is 22.2. The Bertz CT molecular complexity index is 1770. The Hall–Kier alpha value is -2.90. The van der Waals surface area contributed by atoms with E-state index in [1.165, 1.54) is 22.3 Å². The molecular formula is C48H77N3O9. The maximum absolute atomic E-state index is 14.6. The third-order valence-corrected chi connectivity index (χ3v) is 13.6. The van der Waals surface area contributed by atoms with Crippen molar-refractivity contribution in [1.29, 1.82) is 0 Å². The van der Waals surface area contributed by atoms with E-state index >= 15 is 0 Å². The summed E-state index contributed by atoms with van der Waals surface area (Å²) in [6.07, 6.45) is 4.38. The molecule has 12 heteroatoms. The number of hydroxylamine groups is 4. The van der Waals surface area contributed by atoms with E-state index < -0.39 is 63.7 Å². The standard InChI is InChI=1S/C48H77N3O9/c1-41(2)20-30(21-42(3,4)28-41)38(53)58-33-17-36(59-39(54)31-22-43(5,6)49-44(7,8)23-31)34(19-35(52)29-24-45(9,10)50(56)46(11,12)25-29)37(18-33)60-40(55)32-26-47(13,14)51(57)48(15,16)27-32/h17-18,29-32,49,56-57H,19-28H2,1-16H3. The van der Waals surface area contributed by atoms with Gasteiger partial charge in [0.1, 0.15) is 23.0 Å². The summed E-state index contributed by atoms with van der Waals surface area (Å²) in [7, 11) is 0. The van der Waals surface area contributed by atoms with Gasteiger partial charge in [0.15, 0.2) is 0 Å². The molecule has 60 heavy (non-hydrogen) atoms. The molecule has 0 amide bonds. The van der Waals surface area contributed by atoms with Gasteiger partial charge in [-0.1, -0.05) is 27.7 Å². The van der Waals surface area contributed by atoms with Crippen LogP contribution in [-0.2, 0) is 25.6 Å². The van der Waals surface area contributed by atoms with Crippen LogP contribution in [0.25, 0.3) is 0 Å². The van der Waals surface area contributed by atoms with Crippen molar-refractivity contribution in [1.82, 2.24) is 15.4 Å². The van der Waals surface area contributed by atoms with E-state index in [1.54, 1.807) is 0 Å². The van der Waals surface area contributed by atoms with Crippen LogP contribution in [0.3, 0.4) is 0 Å². The average molecular weight is 840 g/mol. The number of nitrogens with one attached hydrogen (secondary N) is 1. The number of carbonyl (C=O) groups excluding carboxylic acids is 4. The van der Waals surface area contributed by atoms with Crippen LogP contribution in [0.5, 0.6) is 17.2 Å². The normalized spacial score (nSPS) is 26.5. The minimum Gasteiger partial charge on any atom is -0.426 e. The Balaban J connectivity index is 1.61. The Kier molecular flexibility index (Phi) is 12.9. The third-order valence-electron chi connectivity index (χ3n) is 13.6. The summed E-state index contributed by atoms with van der Waals surface area (Å²) in [5.41, 5.74) is -3.60. The zero-order chi connectivity index (χ0) is 45.4. The van der Waals surface area contributed by atoms with E-state index in [0.717, 1.165) is 6.42 Å². The number of ketones is 1. The van der Waals surface area contributed by atoms with Crippen LogP contribution in [-0.4, -0.2) is 77.5 Å². The van der Waals surface area contributed by atoms with Crippen LogP contribution >= 0.6 is 0 Å². The van der Waals surface area contributed by atoms with Crippen molar-refractivity contribution in [3.63, 3.8) is 0 Å². The molecule has 3 heterocycles. The van der Waals surface area contributed by atoms with Crippen LogP contribution in [0.1, 0.15) is 174 Å². The predicted molar refractivity (Wildman–Crippen MR) is 230 cm³/mol. The Morgan fingerprint density at radius 1 is 0.533 bits per heavy atom. The molecule has 0 radical (unpaired) electrons. The highest BCUT2D eigenvalue weighted by Crippen LogP contribution is 2.50. The smallest absolute Gasteiger partial charge is 0.314 e. The van der Waals surface area contributed by atoms with Gasteiger partial charge < -0.3 is 29.9 Å². The van der Waals surface area contributed by atoms with E-state index in [1.807, 2.05) is 83.1 Å². The second kappa shape index (κ2) is 16.0. The zero-order valence-electron chi connectivity index (χ0n) is 39.7. The molecular weight excluding hydrogens is 763 g/mol. The summed E-state index contributed by atoms with van der Waals surface area (Å²) < 4.78 is 18.9. The summed E-state index contributed by atoms with van der Waals surface area (Å²) in [4.78, 5) is 57.4. The van der Waals surface area contributed by atoms with Gasteiger partial charge in [-0.3, -0.25) is 19.2 Å². The highest BCUT2D eigenvalue weighted by Gasteiger charge is 2.50. The fraction of sp³-hybridized carbons (Fsp3) is 0.792. The highest BCUT2D eigenvalue weighted by atomic mass is 16.6. The Labute approximate surface area is 359 Å². The van der Waals surface area contributed by atoms with Crippen molar-refractivity contribution in [2.75, 3.05) is 0 Å². The van der Waals surface area contributed by atoms with Gasteiger partial charge in [-0.25, -0.2) is 0 Å². The van der Waals surface area contributed by atoms with Crippen molar-refractivity contribution in [2.24, 2.45) is 34.5 Å². The second-order valence-electron chi connectivity index (χ2n) is 24.5. The molecule has 0 unspecified atom stereocenters. The van der Waals surface area contributed by atoms with E-state index in [-0.39, 0.29) is 56.9 Å². The van der Waals surface area contributed by atoms with Crippen LogP contribution in [0, 0.1) is 34.5 Å². The first-order valence-corrected chi connectivity index (χ1v) is 22.2. The monoisotopic (exact) mass is 840 g/mol. The van der Waals surface area contributed by atoms with Crippen molar-refractivity contribution in [3.05, 3.63) is 17.7 Å². The lowest BCUT2D eigenvalue weighted by Gasteiger charge is -2.51. The largest absolute Gasteiger partial charge is 0.426 e. The van der Waals surface area contributed by atoms with Gasteiger partial charge >= 0.3 is 17.9 Å². The molecule has 3 aliphatic heterocycles. The van der Waals surface area contributed by atoms with Gasteiger partial charge in [-0.15, -0.1) is 0 Å². The number of Topliss-reactive ketones (excluding diaryl/α,β-unsaturated/α-hetero) is 1. The molecule has 3 N–H and O–H groups in total. The van der Waals surface area contributed by atoms with Gasteiger partial charge in [-0.05, 0) is 152 Å². The SMILES string of the molecule is CC1(C)CC(C(=O)Oc2cc(OC(=O)C3CC(C)(C)NC(C)(C)C3)c(CC(=O)C3CC(C)(C)N(O)C(C)(C)C3)c(OC(=O)C3CC(C)(C)N(O)C(C)(C)C3)c2)CC(C)(C)C1. The van der Waals surface area contributed by atoms with Crippen molar-refractivity contribution in [2.45, 2.75) is 208 Å². The molecule has 5 rings (SSSR count). The Morgan fingerprint density at radius 2 is 0.867 bits per heavy atom. The number of piperidine rings is 3. The lowest BCUT2D eigenvalue weighted by molar-refractivity contribution is -0.251. The number of esters is 3. The summed E-state index contributed by atoms with van der Waals surface area (Å²) in [6.45, 7) is 31.9. The first kappa shape index (κ1) is 48.1. The maximum Gasteiger partial charge on any atom is 0.314 e. The predicted octanol–water partition coefficient (Wildman–Crippen LogP) is 9.24. The van der Waals surface area contributed by atoms with Crippen LogP contribution in [0.15, 0.2) is 12.1 Å². The van der Waals surface area contributed by atoms with Gasteiger partial charge in [0.05, 0.1) is 17.8 Å². The van der Waals surface area contributed by atoms with Gasteiger partial charge in [-0.2, -0.15) is 10.1 Å². The third kappa shape index (κ3) is 11.0. The van der Waals surface area contributed by atoms with E-state index in [9.17, 15) is 29.6 Å². The van der Waals surface area contributed by atoms with E-state index in [0.29, 0.717) is 51.4 Å². The molecule has 0 atom stereocenters. The molecule has 4 fully saturated rings. The van der Waals surface area contributed by atoms with Gasteiger partial charge in [0.25, 0.3) is 0 Å². The maximum atomic E-state index is 14.6. The molecule has 4 aliphatic rings. The lowest BCUT2D eigenvalue weighted by atomic mass is 9.61. The number of ether oxygens (including phenoxy) is 3. The van der Waals surface area contributed by atoms with Crippen LogP contribution in [0.4, 0.5) is 0 Å². The van der Waals surface area contributed by atoms with Crippen molar-refractivity contribution >= 4 is 23.7 Å². The molecule has 1 aromatic rings. The molecule has 12 nitrogen and oxygen atoms in total. The van der Waals surface area contributed by atoms with Crippen molar-refractivity contribution < 1.29 is 43.8 Å². The van der Waals surface area contributed by atoms with Crippen molar-refractivity contribution in [3.8, 4) is 17.2 Å². The first-order chi connectivity index (χ1) is 27.0. The molecule has 1 aliphatic carbocycles. The van der Waals surface area contributed by atoms with E-state index in [2.05, 4.69) is 33.0 Å². The second-order valence-corrected chi connectivity index (χ2v) is 24.5. The molecule has 1 aromatic carbocycles. The van der Waals surface area contributed by atoms with Crippen LogP contribution < -0.4 is 19.5 Å². The molecule has 338 valence electrons. The molecule has 0 aromatic heterocycles. The number of hydrogen-bond acceptors (Lipinski definition) is 12. The summed E-state index contributed by atoms with van der Waals surface area (Å²) in [5, 5.41) is 28.3. The number of benzene rings is 1. The van der Waals surface area contributed by atoms with E-state index in [4.69, 9.17) is 14.2 Å². The van der Waals surface area contributed by atoms with Gasteiger partial charge in [0, 0.05) is 63.3 Å². The minimum atomic E-state index is -0.749. The highest BCUT2D eigenvalue weighted by molar-refractivity contribution is 5.87. The summed E-state index contributed by atoms with van der Waals surface area (Å²) in [5.74, 6) is -3.57. The Morgan fingerprint density at radius 3 is 1.27 bits per heavy atom. The molecule has 0 spiro atoms. The number of rotatable bonds is 9. The topological polar surface area (TPSA) is 155 Å². The number of nitrogens with zero attached hydrogens (tertiary/aromatic N) is 2. The quantitative estimate of drug-likeness (QED) is 0.160. The fourth-order valence-corrected chi connectivity index (χ4v) is 12.3. The molecule has 0 bridgehead atoms. The molecule has 1 saturated carbocycles. The minimum absolute atomic E-state index is 0.00357.